The molecule has 2 nitrogen and oxygen atoms in total. The molecule has 4 heteroatoms. The molecular weight excluding hydrogens is 260 g/mol. The van der Waals surface area contributed by atoms with Gasteiger partial charge < -0.3 is 5.32 Å². The lowest BCUT2D eigenvalue weighted by Crippen LogP contribution is -1.96. The van der Waals surface area contributed by atoms with Crippen molar-refractivity contribution in [3.63, 3.8) is 0 Å². The van der Waals surface area contributed by atoms with E-state index < -0.39 is 0 Å². The van der Waals surface area contributed by atoms with Gasteiger partial charge >= 0.3 is 0 Å². The second-order valence-electron chi connectivity index (χ2n) is 2.83. The number of aromatic nitrogens is 1. The molecule has 72 valence electrons. The normalized spacial score (nSPS) is 10.1. The van der Waals surface area contributed by atoms with Crippen LogP contribution in [-0.2, 0) is 6.54 Å². The Labute approximate surface area is 95.1 Å². The van der Waals surface area contributed by atoms with Crippen molar-refractivity contribution in [2.75, 3.05) is 5.32 Å². The first-order valence-corrected chi connectivity index (χ1v) is 5.89. The molecule has 0 saturated heterocycles. The summed E-state index contributed by atoms with van der Waals surface area (Å²) in [6.07, 6.45) is 1.88. The molecule has 0 unspecified atom stereocenters. The molecule has 1 heterocycles. The largest absolute Gasteiger partial charge is 0.380 e. The van der Waals surface area contributed by atoms with Gasteiger partial charge in [0.15, 0.2) is 0 Å². The molecule has 1 aromatic heterocycles. The molecule has 0 amide bonds. The summed E-state index contributed by atoms with van der Waals surface area (Å²) in [6.45, 7) is 0.834. The number of anilines is 1. The van der Waals surface area contributed by atoms with Gasteiger partial charge in [0.05, 0.1) is 12.1 Å². The van der Waals surface area contributed by atoms with Crippen LogP contribution in [0.15, 0.2) is 40.4 Å². The van der Waals surface area contributed by atoms with E-state index in [1.54, 1.807) is 11.3 Å². The zero-order valence-electron chi connectivity index (χ0n) is 7.40. The van der Waals surface area contributed by atoms with Crippen LogP contribution in [-0.4, -0.2) is 4.98 Å². The Balaban J connectivity index is 1.98. The summed E-state index contributed by atoms with van der Waals surface area (Å²) in [7, 11) is 0. The van der Waals surface area contributed by atoms with Gasteiger partial charge in [-0.25, -0.2) is 0 Å². The Morgan fingerprint density at radius 2 is 2.36 bits per heavy atom. The highest BCUT2D eigenvalue weighted by atomic mass is 79.9. The molecule has 2 rings (SSSR count). The fourth-order valence-electron chi connectivity index (χ4n) is 1.12. The summed E-state index contributed by atoms with van der Waals surface area (Å²) >= 11 is 5.09. The number of hydrogen-bond donors (Lipinski definition) is 1. The van der Waals surface area contributed by atoms with Crippen molar-refractivity contribution >= 4 is 33.0 Å². The summed E-state index contributed by atoms with van der Waals surface area (Å²) in [5.41, 5.74) is 2.96. The van der Waals surface area contributed by atoms with E-state index in [4.69, 9.17) is 0 Å². The predicted octanol–water partition coefficient (Wildman–Crippen LogP) is 3.52. The number of benzene rings is 1. The van der Waals surface area contributed by atoms with E-state index >= 15 is 0 Å². The van der Waals surface area contributed by atoms with E-state index in [1.807, 2.05) is 29.9 Å². The van der Waals surface area contributed by atoms with Crippen molar-refractivity contribution in [3.05, 3.63) is 45.3 Å². The summed E-state index contributed by atoms with van der Waals surface area (Å²) in [6, 6.07) is 8.13. The number of nitrogens with zero attached hydrogens (tertiary/aromatic N) is 1. The van der Waals surface area contributed by atoms with Crippen LogP contribution in [0.5, 0.6) is 0 Å². The van der Waals surface area contributed by atoms with Gasteiger partial charge in [-0.2, -0.15) is 0 Å². The third-order valence-electron chi connectivity index (χ3n) is 1.77. The van der Waals surface area contributed by atoms with Crippen LogP contribution in [0, 0.1) is 0 Å². The molecule has 0 aliphatic heterocycles. The van der Waals surface area contributed by atoms with Crippen molar-refractivity contribution in [2.24, 2.45) is 0 Å². The van der Waals surface area contributed by atoms with E-state index in [0.717, 1.165) is 16.7 Å². The summed E-state index contributed by atoms with van der Waals surface area (Å²) in [4.78, 5) is 5.26. The molecule has 0 aliphatic carbocycles. The number of halogens is 1. The van der Waals surface area contributed by atoms with E-state index in [-0.39, 0.29) is 0 Å². The fraction of sp³-hybridized carbons (Fsp3) is 0.100. The first-order chi connectivity index (χ1) is 6.84. The second-order valence-corrected chi connectivity index (χ2v) is 4.72. The number of rotatable bonds is 3. The first-order valence-electron chi connectivity index (χ1n) is 4.21. The minimum atomic E-state index is 0.834. The van der Waals surface area contributed by atoms with Crippen LogP contribution in [0.2, 0.25) is 0 Å². The van der Waals surface area contributed by atoms with Crippen LogP contribution in [0.3, 0.4) is 0 Å². The van der Waals surface area contributed by atoms with Crippen LogP contribution >= 0.6 is 27.3 Å². The molecule has 1 N–H and O–H groups in total. The van der Waals surface area contributed by atoms with Crippen LogP contribution in [0.25, 0.3) is 0 Å². The minimum Gasteiger partial charge on any atom is -0.380 e. The standard InChI is InChI=1S/C10H9BrN2S/c11-8-2-1-3-9(4-8)13-6-10-5-12-7-14-10/h1-5,7,13H,6H2. The molecule has 0 radical (unpaired) electrons. The molecule has 1 aromatic carbocycles. The first kappa shape index (κ1) is 9.68. The van der Waals surface area contributed by atoms with Gasteiger partial charge in [0.2, 0.25) is 0 Å². The van der Waals surface area contributed by atoms with Crippen molar-refractivity contribution in [3.8, 4) is 0 Å². The molecule has 2 aromatic rings. The maximum Gasteiger partial charge on any atom is 0.0794 e. The number of hydrogen-bond acceptors (Lipinski definition) is 3. The summed E-state index contributed by atoms with van der Waals surface area (Å²) in [5.74, 6) is 0. The van der Waals surface area contributed by atoms with Gasteiger partial charge in [0.25, 0.3) is 0 Å². The third-order valence-corrected chi connectivity index (χ3v) is 3.05. The third kappa shape index (κ3) is 2.56. The van der Waals surface area contributed by atoms with Crippen LogP contribution in [0.4, 0.5) is 5.69 Å². The second kappa shape index (κ2) is 4.57. The maximum absolute atomic E-state index is 4.02. The average molecular weight is 269 g/mol. The van der Waals surface area contributed by atoms with Crippen molar-refractivity contribution in [1.29, 1.82) is 0 Å². The molecule has 0 spiro atoms. The van der Waals surface area contributed by atoms with Gasteiger partial charge in [-0.1, -0.05) is 22.0 Å². The van der Waals surface area contributed by atoms with E-state index in [9.17, 15) is 0 Å². The quantitative estimate of drug-likeness (QED) is 0.922. The fourth-order valence-corrected chi connectivity index (χ4v) is 2.05. The molecule has 0 bridgehead atoms. The zero-order chi connectivity index (χ0) is 9.80. The van der Waals surface area contributed by atoms with Gasteiger partial charge in [0.1, 0.15) is 0 Å². The smallest absolute Gasteiger partial charge is 0.0794 e. The van der Waals surface area contributed by atoms with Gasteiger partial charge in [-0.15, -0.1) is 11.3 Å². The Kier molecular flexibility index (Phi) is 3.16. The van der Waals surface area contributed by atoms with Crippen molar-refractivity contribution in [1.82, 2.24) is 4.98 Å². The Morgan fingerprint density at radius 3 is 3.07 bits per heavy atom. The SMILES string of the molecule is Brc1cccc(NCc2cncs2)c1. The highest BCUT2D eigenvalue weighted by Crippen LogP contribution is 2.17. The lowest BCUT2D eigenvalue weighted by atomic mass is 10.3. The number of thiazole rings is 1. The van der Waals surface area contributed by atoms with Gasteiger partial charge in [-0.05, 0) is 18.2 Å². The van der Waals surface area contributed by atoms with Crippen LogP contribution in [0.1, 0.15) is 4.88 Å². The molecule has 0 saturated carbocycles. The number of nitrogens with one attached hydrogen (secondary N) is 1. The topological polar surface area (TPSA) is 24.9 Å². The van der Waals surface area contributed by atoms with E-state index in [0.29, 0.717) is 0 Å². The monoisotopic (exact) mass is 268 g/mol. The van der Waals surface area contributed by atoms with E-state index in [2.05, 4.69) is 32.3 Å². The highest BCUT2D eigenvalue weighted by Gasteiger charge is 1.95. The molecule has 0 aliphatic rings. The van der Waals surface area contributed by atoms with E-state index in [1.165, 1.54) is 4.88 Å². The summed E-state index contributed by atoms with van der Waals surface area (Å²) < 4.78 is 1.09. The molecule has 0 atom stereocenters. The average Bonchev–Trinajstić information content (AvgIpc) is 2.67. The predicted molar refractivity (Wildman–Crippen MR) is 63.6 cm³/mol. The molecule has 0 fully saturated rings. The Bertz CT molecular complexity index is 400. The van der Waals surface area contributed by atoms with Gasteiger partial charge in [-0.3, -0.25) is 4.98 Å². The molecular formula is C10H9BrN2S. The van der Waals surface area contributed by atoms with Gasteiger partial charge in [0, 0.05) is 21.2 Å². The Hall–Kier alpha value is -0.870. The maximum atomic E-state index is 4.02. The Morgan fingerprint density at radius 1 is 1.43 bits per heavy atom. The van der Waals surface area contributed by atoms with Crippen molar-refractivity contribution in [2.45, 2.75) is 6.54 Å². The zero-order valence-corrected chi connectivity index (χ0v) is 9.81. The lowest BCUT2D eigenvalue weighted by molar-refractivity contribution is 1.17. The minimum absolute atomic E-state index is 0.834. The lowest BCUT2D eigenvalue weighted by Gasteiger charge is -2.04. The van der Waals surface area contributed by atoms with Crippen LogP contribution < -0.4 is 5.32 Å². The van der Waals surface area contributed by atoms with Crippen molar-refractivity contribution < 1.29 is 0 Å². The highest BCUT2D eigenvalue weighted by molar-refractivity contribution is 9.10. The summed E-state index contributed by atoms with van der Waals surface area (Å²) in [5, 5.41) is 3.33. The molecule has 14 heavy (non-hydrogen) atoms.